The molecule has 4 heteroatoms. The van der Waals surface area contributed by atoms with Gasteiger partial charge in [0, 0.05) is 6.54 Å². The molecule has 0 bridgehead atoms. The molecule has 3 nitrogen and oxygen atoms in total. The number of unbranched alkanes of at least 4 members (excludes halogenated alkanes) is 1. The lowest BCUT2D eigenvalue weighted by molar-refractivity contribution is 0.244. The number of aromatic nitrogens is 2. The van der Waals surface area contributed by atoms with Crippen LogP contribution in [0.2, 0.25) is 0 Å². The highest BCUT2D eigenvalue weighted by atomic mass is 79.9. The fraction of sp³-hybridized carbons (Fsp3) is 0.812. The summed E-state index contributed by atoms with van der Waals surface area (Å²) in [6.45, 7) is 10.5. The highest BCUT2D eigenvalue weighted by Gasteiger charge is 2.29. The molecule has 1 atom stereocenters. The summed E-state index contributed by atoms with van der Waals surface area (Å²) < 4.78 is 3.35. The van der Waals surface area contributed by atoms with Crippen LogP contribution >= 0.6 is 15.9 Å². The maximum atomic E-state index is 6.14. The third-order valence-electron chi connectivity index (χ3n) is 4.48. The van der Waals surface area contributed by atoms with Crippen LogP contribution in [0.4, 0.5) is 0 Å². The Bertz CT molecular complexity index is 408. The lowest BCUT2D eigenvalue weighted by Crippen LogP contribution is -2.33. The molecule has 0 saturated heterocycles. The first-order valence-electron chi connectivity index (χ1n) is 8.01. The minimum atomic E-state index is 0.219. The molecule has 1 aromatic heterocycles. The topological polar surface area (TPSA) is 43.8 Å². The monoisotopic (exact) mass is 343 g/mol. The van der Waals surface area contributed by atoms with E-state index in [4.69, 9.17) is 10.8 Å². The fourth-order valence-electron chi connectivity index (χ4n) is 2.80. The summed E-state index contributed by atoms with van der Waals surface area (Å²) in [4.78, 5) is 0. The number of nitrogens with two attached hydrogens (primary N) is 1. The van der Waals surface area contributed by atoms with E-state index in [-0.39, 0.29) is 5.41 Å². The zero-order valence-corrected chi connectivity index (χ0v) is 15.1. The van der Waals surface area contributed by atoms with E-state index in [2.05, 4.69) is 48.3 Å². The van der Waals surface area contributed by atoms with Crippen LogP contribution in [0.25, 0.3) is 0 Å². The number of nitrogens with zero attached hydrogens (tertiary/aromatic N) is 2. The molecule has 0 saturated carbocycles. The first-order valence-corrected chi connectivity index (χ1v) is 8.80. The van der Waals surface area contributed by atoms with Gasteiger partial charge >= 0.3 is 0 Å². The Kier molecular flexibility index (Phi) is 7.24. The number of hydrogen-bond donors (Lipinski definition) is 1. The van der Waals surface area contributed by atoms with Gasteiger partial charge in [-0.05, 0) is 60.5 Å². The summed E-state index contributed by atoms with van der Waals surface area (Å²) in [7, 11) is 0. The smallest absolute Gasteiger partial charge is 0.0766 e. The van der Waals surface area contributed by atoms with Crippen LogP contribution in [0.3, 0.4) is 0 Å². The molecule has 1 aromatic rings. The van der Waals surface area contributed by atoms with Crippen molar-refractivity contribution in [3.05, 3.63) is 15.9 Å². The largest absolute Gasteiger partial charge is 0.330 e. The second kappa shape index (κ2) is 8.18. The molecule has 116 valence electrons. The van der Waals surface area contributed by atoms with Crippen LogP contribution in [0.15, 0.2) is 4.47 Å². The average molecular weight is 344 g/mol. The molecule has 0 aliphatic carbocycles. The third kappa shape index (κ3) is 3.85. The van der Waals surface area contributed by atoms with Crippen LogP contribution in [-0.2, 0) is 19.4 Å². The minimum Gasteiger partial charge on any atom is -0.330 e. The zero-order valence-electron chi connectivity index (χ0n) is 13.5. The fourth-order valence-corrected chi connectivity index (χ4v) is 3.51. The van der Waals surface area contributed by atoms with Crippen molar-refractivity contribution in [1.29, 1.82) is 0 Å². The predicted octanol–water partition coefficient (Wildman–Crippen LogP) is 4.32. The summed E-state index contributed by atoms with van der Waals surface area (Å²) >= 11 is 3.76. The van der Waals surface area contributed by atoms with Gasteiger partial charge in [0.25, 0.3) is 0 Å². The lowest BCUT2D eigenvalue weighted by Gasteiger charge is -2.32. The van der Waals surface area contributed by atoms with Crippen molar-refractivity contribution in [1.82, 2.24) is 9.78 Å². The first-order chi connectivity index (χ1) is 9.57. The summed E-state index contributed by atoms with van der Waals surface area (Å²) in [6.07, 6.45) is 6.82. The van der Waals surface area contributed by atoms with E-state index in [9.17, 15) is 0 Å². The molecule has 1 rings (SSSR count). The van der Waals surface area contributed by atoms with Gasteiger partial charge in [-0.25, -0.2) is 0 Å². The summed E-state index contributed by atoms with van der Waals surface area (Å²) in [5.74, 6) is 0. The predicted molar refractivity (Wildman–Crippen MR) is 90.0 cm³/mol. The van der Waals surface area contributed by atoms with Crippen LogP contribution in [0.5, 0.6) is 0 Å². The highest BCUT2D eigenvalue weighted by molar-refractivity contribution is 9.10. The number of halogens is 1. The molecule has 1 heterocycles. The van der Waals surface area contributed by atoms with Crippen molar-refractivity contribution in [2.24, 2.45) is 11.1 Å². The van der Waals surface area contributed by atoms with E-state index in [1.165, 1.54) is 35.1 Å². The summed E-state index contributed by atoms with van der Waals surface area (Å²) in [5, 5.41) is 4.71. The van der Waals surface area contributed by atoms with Gasteiger partial charge in [0.15, 0.2) is 0 Å². The Morgan fingerprint density at radius 1 is 1.25 bits per heavy atom. The standard InChI is InChI=1S/C16H30BrN3/c1-5-9-10-16(7-3,12-18)11-14-15(17)13(6-2)19-20(14)8-4/h5-12,18H2,1-4H3. The average Bonchev–Trinajstić information content (AvgIpc) is 2.79. The maximum absolute atomic E-state index is 6.14. The Balaban J connectivity index is 3.06. The minimum absolute atomic E-state index is 0.219. The van der Waals surface area contributed by atoms with E-state index >= 15 is 0 Å². The van der Waals surface area contributed by atoms with Crippen LogP contribution in [0, 0.1) is 5.41 Å². The van der Waals surface area contributed by atoms with Crippen molar-refractivity contribution < 1.29 is 0 Å². The molecule has 0 aliphatic heterocycles. The molecular formula is C16H30BrN3. The van der Waals surface area contributed by atoms with E-state index < -0.39 is 0 Å². The Morgan fingerprint density at radius 2 is 1.95 bits per heavy atom. The second-order valence-electron chi connectivity index (χ2n) is 5.71. The molecule has 0 spiro atoms. The summed E-state index contributed by atoms with van der Waals surface area (Å²) in [6, 6.07) is 0. The molecular weight excluding hydrogens is 314 g/mol. The second-order valence-corrected chi connectivity index (χ2v) is 6.51. The maximum Gasteiger partial charge on any atom is 0.0766 e. The summed E-state index contributed by atoms with van der Waals surface area (Å²) in [5.41, 5.74) is 8.85. The molecule has 20 heavy (non-hydrogen) atoms. The quantitative estimate of drug-likeness (QED) is 0.725. The molecule has 1 unspecified atom stereocenters. The van der Waals surface area contributed by atoms with Crippen LogP contribution < -0.4 is 5.73 Å². The SMILES string of the molecule is CCCCC(CC)(CN)Cc1c(Br)c(CC)nn1CC. The van der Waals surface area contributed by atoms with E-state index in [1.807, 2.05) is 0 Å². The first kappa shape index (κ1) is 17.7. The van der Waals surface area contributed by atoms with Gasteiger partial charge in [0.1, 0.15) is 0 Å². The van der Waals surface area contributed by atoms with E-state index in [1.54, 1.807) is 0 Å². The molecule has 2 N–H and O–H groups in total. The Morgan fingerprint density at radius 3 is 2.40 bits per heavy atom. The van der Waals surface area contributed by atoms with Gasteiger partial charge < -0.3 is 5.73 Å². The normalized spacial score (nSPS) is 14.5. The Hall–Kier alpha value is -0.350. The molecule has 0 aliphatic rings. The van der Waals surface area contributed by atoms with Gasteiger partial charge in [-0.1, -0.05) is 33.6 Å². The van der Waals surface area contributed by atoms with Crippen LogP contribution in [-0.4, -0.2) is 16.3 Å². The third-order valence-corrected chi connectivity index (χ3v) is 5.40. The van der Waals surface area contributed by atoms with Gasteiger partial charge in [-0.15, -0.1) is 0 Å². The van der Waals surface area contributed by atoms with Crippen molar-refractivity contribution in [3.63, 3.8) is 0 Å². The van der Waals surface area contributed by atoms with Crippen molar-refractivity contribution in [2.45, 2.75) is 72.8 Å². The van der Waals surface area contributed by atoms with Crippen molar-refractivity contribution in [3.8, 4) is 0 Å². The van der Waals surface area contributed by atoms with Crippen molar-refractivity contribution in [2.75, 3.05) is 6.54 Å². The zero-order chi connectivity index (χ0) is 15.2. The molecule has 0 fully saturated rings. The molecule has 0 amide bonds. The number of aryl methyl sites for hydroxylation is 2. The number of hydrogen-bond acceptors (Lipinski definition) is 2. The van der Waals surface area contributed by atoms with Gasteiger partial charge in [0.05, 0.1) is 15.9 Å². The van der Waals surface area contributed by atoms with Crippen LogP contribution in [0.1, 0.15) is 64.8 Å². The lowest BCUT2D eigenvalue weighted by atomic mass is 9.76. The van der Waals surface area contributed by atoms with E-state index in [0.29, 0.717) is 0 Å². The molecule has 0 radical (unpaired) electrons. The van der Waals surface area contributed by atoms with Gasteiger partial charge in [-0.3, -0.25) is 4.68 Å². The van der Waals surface area contributed by atoms with E-state index in [0.717, 1.165) is 32.4 Å². The molecule has 0 aromatic carbocycles. The number of rotatable bonds is 9. The van der Waals surface area contributed by atoms with Crippen molar-refractivity contribution >= 4 is 15.9 Å². The highest BCUT2D eigenvalue weighted by Crippen LogP contribution is 2.35. The van der Waals surface area contributed by atoms with Gasteiger partial charge in [0.2, 0.25) is 0 Å². The Labute approximate surface area is 132 Å². The van der Waals surface area contributed by atoms with Gasteiger partial charge in [-0.2, -0.15) is 5.10 Å².